The molecule has 3 rings (SSSR count). The van der Waals surface area contributed by atoms with Gasteiger partial charge in [0.15, 0.2) is 0 Å². The Hall–Kier alpha value is -2.31. The predicted molar refractivity (Wildman–Crippen MR) is 99.0 cm³/mol. The van der Waals surface area contributed by atoms with Crippen LogP contribution in [0.3, 0.4) is 0 Å². The molecular formula is C19H28N4O3. The second-order valence-corrected chi connectivity index (χ2v) is 7.91. The maximum absolute atomic E-state index is 12.1. The van der Waals surface area contributed by atoms with E-state index in [4.69, 9.17) is 4.74 Å². The van der Waals surface area contributed by atoms with E-state index in [9.17, 15) is 9.59 Å². The van der Waals surface area contributed by atoms with Crippen molar-refractivity contribution in [2.75, 3.05) is 37.6 Å². The van der Waals surface area contributed by atoms with Crippen LogP contribution in [0.5, 0.6) is 0 Å². The van der Waals surface area contributed by atoms with Crippen LogP contribution in [0.1, 0.15) is 45.2 Å². The van der Waals surface area contributed by atoms with Gasteiger partial charge in [0.05, 0.1) is 6.04 Å². The molecule has 2 fully saturated rings. The number of piperazine rings is 1. The van der Waals surface area contributed by atoms with E-state index in [0.717, 1.165) is 50.3 Å². The summed E-state index contributed by atoms with van der Waals surface area (Å²) in [5, 5.41) is 0. The summed E-state index contributed by atoms with van der Waals surface area (Å²) in [6.45, 7) is 9.17. The number of carbonyl (C=O) groups excluding carboxylic acids is 2. The number of pyridine rings is 1. The van der Waals surface area contributed by atoms with Crippen molar-refractivity contribution in [2.24, 2.45) is 0 Å². The third-order valence-electron chi connectivity index (χ3n) is 4.84. The summed E-state index contributed by atoms with van der Waals surface area (Å²) in [7, 11) is 0. The molecule has 1 aromatic rings. The van der Waals surface area contributed by atoms with Crippen LogP contribution in [0.25, 0.3) is 0 Å². The van der Waals surface area contributed by atoms with E-state index in [1.54, 1.807) is 4.90 Å². The van der Waals surface area contributed by atoms with Crippen molar-refractivity contribution in [3.8, 4) is 0 Å². The number of aromatic nitrogens is 1. The lowest BCUT2D eigenvalue weighted by molar-refractivity contribution is -0.118. The molecule has 1 aromatic heterocycles. The number of carbonyl (C=O) groups is 2. The van der Waals surface area contributed by atoms with E-state index < -0.39 is 5.60 Å². The Morgan fingerprint density at radius 1 is 1.19 bits per heavy atom. The van der Waals surface area contributed by atoms with Crippen LogP contribution in [-0.2, 0) is 9.53 Å². The van der Waals surface area contributed by atoms with Crippen LogP contribution in [0.2, 0.25) is 0 Å². The van der Waals surface area contributed by atoms with Crippen molar-refractivity contribution in [1.82, 2.24) is 14.8 Å². The van der Waals surface area contributed by atoms with Crippen molar-refractivity contribution in [3.63, 3.8) is 0 Å². The van der Waals surface area contributed by atoms with Crippen LogP contribution >= 0.6 is 0 Å². The quantitative estimate of drug-likeness (QED) is 0.775. The molecule has 0 aromatic carbocycles. The molecule has 0 aliphatic carbocycles. The van der Waals surface area contributed by atoms with E-state index >= 15 is 0 Å². The first kappa shape index (κ1) is 18.5. The summed E-state index contributed by atoms with van der Waals surface area (Å²) in [5.41, 5.74) is 0.618. The average Bonchev–Trinajstić information content (AvgIpc) is 3.09. The summed E-state index contributed by atoms with van der Waals surface area (Å²) in [5.74, 6) is 0.910. The van der Waals surface area contributed by atoms with Gasteiger partial charge in [-0.15, -0.1) is 0 Å². The van der Waals surface area contributed by atoms with E-state index in [1.165, 1.54) is 0 Å². The molecule has 142 valence electrons. The average molecular weight is 360 g/mol. The summed E-state index contributed by atoms with van der Waals surface area (Å²) in [6.07, 6.45) is 4.59. The number of hydrogen-bond donors (Lipinski definition) is 0. The Bertz CT molecular complexity index is 633. The molecule has 0 N–H and O–H groups in total. The van der Waals surface area contributed by atoms with Crippen LogP contribution in [0, 0.1) is 0 Å². The predicted octanol–water partition coefficient (Wildman–Crippen LogP) is 2.43. The number of anilines is 1. The molecule has 2 amide bonds. The van der Waals surface area contributed by atoms with Crippen molar-refractivity contribution in [3.05, 3.63) is 23.9 Å². The number of hydrogen-bond acceptors (Lipinski definition) is 5. The minimum Gasteiger partial charge on any atom is -0.444 e. The van der Waals surface area contributed by atoms with Crippen molar-refractivity contribution >= 4 is 18.3 Å². The highest BCUT2D eigenvalue weighted by atomic mass is 16.6. The normalized spacial score (nSPS) is 21.0. The molecular weight excluding hydrogens is 332 g/mol. The Morgan fingerprint density at radius 3 is 2.50 bits per heavy atom. The highest BCUT2D eigenvalue weighted by Crippen LogP contribution is 2.30. The Labute approximate surface area is 154 Å². The van der Waals surface area contributed by atoms with E-state index in [2.05, 4.69) is 16.0 Å². The lowest BCUT2D eigenvalue weighted by atomic mass is 10.1. The van der Waals surface area contributed by atoms with Gasteiger partial charge in [0, 0.05) is 38.9 Å². The Kier molecular flexibility index (Phi) is 5.34. The van der Waals surface area contributed by atoms with Gasteiger partial charge in [0.25, 0.3) is 0 Å². The van der Waals surface area contributed by atoms with Crippen LogP contribution < -0.4 is 4.90 Å². The van der Waals surface area contributed by atoms with Crippen molar-refractivity contribution in [1.29, 1.82) is 0 Å². The topological polar surface area (TPSA) is 66.0 Å². The number of amides is 2. The molecule has 2 saturated heterocycles. The van der Waals surface area contributed by atoms with E-state index in [-0.39, 0.29) is 12.1 Å². The van der Waals surface area contributed by atoms with Gasteiger partial charge in [-0.25, -0.2) is 9.78 Å². The van der Waals surface area contributed by atoms with Gasteiger partial charge < -0.3 is 19.4 Å². The maximum Gasteiger partial charge on any atom is 0.410 e. The first-order chi connectivity index (χ1) is 12.4. The summed E-state index contributed by atoms with van der Waals surface area (Å²) >= 11 is 0. The molecule has 0 unspecified atom stereocenters. The van der Waals surface area contributed by atoms with Gasteiger partial charge in [-0.05, 0) is 45.2 Å². The van der Waals surface area contributed by atoms with Gasteiger partial charge in [0.2, 0.25) is 6.41 Å². The Balaban J connectivity index is 1.56. The molecule has 1 atom stereocenters. The standard InChI is InChI=1S/C19H28N4O3/c1-19(2,3)26-18(25)22-11-9-21(10-12-22)17-7-6-15(13-20-17)16-5-4-8-23(16)14-24/h6-7,13-14,16H,4-5,8-12H2,1-3H3/t16-/m1/s1. The molecule has 0 radical (unpaired) electrons. The zero-order chi connectivity index (χ0) is 18.7. The molecule has 0 bridgehead atoms. The van der Waals surface area contributed by atoms with Crippen molar-refractivity contribution in [2.45, 2.75) is 45.3 Å². The van der Waals surface area contributed by atoms with Gasteiger partial charge in [-0.2, -0.15) is 0 Å². The highest BCUT2D eigenvalue weighted by Gasteiger charge is 2.27. The molecule has 7 nitrogen and oxygen atoms in total. The third kappa shape index (κ3) is 4.26. The van der Waals surface area contributed by atoms with Gasteiger partial charge in [0.1, 0.15) is 11.4 Å². The lowest BCUT2D eigenvalue weighted by Gasteiger charge is -2.36. The largest absolute Gasteiger partial charge is 0.444 e. The molecule has 2 aliphatic rings. The van der Waals surface area contributed by atoms with Crippen LogP contribution in [-0.4, -0.2) is 65.6 Å². The maximum atomic E-state index is 12.1. The molecule has 7 heteroatoms. The third-order valence-corrected chi connectivity index (χ3v) is 4.84. The molecule has 0 saturated carbocycles. The number of nitrogens with zero attached hydrogens (tertiary/aromatic N) is 4. The Morgan fingerprint density at radius 2 is 1.92 bits per heavy atom. The smallest absolute Gasteiger partial charge is 0.410 e. The van der Waals surface area contributed by atoms with E-state index in [1.807, 2.05) is 37.9 Å². The van der Waals surface area contributed by atoms with E-state index in [0.29, 0.717) is 13.1 Å². The van der Waals surface area contributed by atoms with Gasteiger partial charge in [-0.3, -0.25) is 4.79 Å². The highest BCUT2D eigenvalue weighted by molar-refractivity contribution is 5.68. The van der Waals surface area contributed by atoms with Gasteiger partial charge >= 0.3 is 6.09 Å². The zero-order valence-electron chi connectivity index (χ0n) is 15.9. The van der Waals surface area contributed by atoms with Crippen LogP contribution in [0.4, 0.5) is 10.6 Å². The van der Waals surface area contributed by atoms with Crippen molar-refractivity contribution < 1.29 is 14.3 Å². The summed E-state index contributed by atoms with van der Waals surface area (Å²) in [6, 6.07) is 4.23. The first-order valence-corrected chi connectivity index (χ1v) is 9.27. The number of rotatable bonds is 3. The zero-order valence-corrected chi connectivity index (χ0v) is 15.9. The molecule has 2 aliphatic heterocycles. The monoisotopic (exact) mass is 360 g/mol. The lowest BCUT2D eigenvalue weighted by Crippen LogP contribution is -2.50. The fourth-order valence-corrected chi connectivity index (χ4v) is 3.50. The minimum atomic E-state index is -0.471. The molecule has 3 heterocycles. The fraction of sp³-hybridized carbons (Fsp3) is 0.632. The second-order valence-electron chi connectivity index (χ2n) is 7.91. The summed E-state index contributed by atoms with van der Waals surface area (Å²) < 4.78 is 5.43. The molecule has 26 heavy (non-hydrogen) atoms. The second kappa shape index (κ2) is 7.51. The van der Waals surface area contributed by atoms with Crippen LogP contribution in [0.15, 0.2) is 18.3 Å². The number of ether oxygens (including phenoxy) is 1. The minimum absolute atomic E-state index is 0.151. The fourth-order valence-electron chi connectivity index (χ4n) is 3.50. The SMILES string of the molecule is CC(C)(C)OC(=O)N1CCN(c2ccc([C@H]3CCCN3C=O)cn2)CC1. The molecule has 0 spiro atoms. The summed E-state index contributed by atoms with van der Waals surface area (Å²) in [4.78, 5) is 33.6. The number of likely N-dealkylation sites (tertiary alicyclic amines) is 1. The first-order valence-electron chi connectivity index (χ1n) is 9.27. The van der Waals surface area contributed by atoms with Gasteiger partial charge in [-0.1, -0.05) is 6.07 Å².